The van der Waals surface area contributed by atoms with E-state index in [1.165, 1.54) is 6.33 Å². The molecule has 0 radical (unpaired) electrons. The number of benzene rings is 1. The smallest absolute Gasteiger partial charge is 0.163 e. The molecule has 0 saturated carbocycles. The maximum Gasteiger partial charge on any atom is 0.163 e. The number of hydrogen-bond donors (Lipinski definition) is 1. The van der Waals surface area contributed by atoms with Gasteiger partial charge in [0.2, 0.25) is 0 Å². The Morgan fingerprint density at radius 1 is 1.14 bits per heavy atom. The van der Waals surface area contributed by atoms with Crippen molar-refractivity contribution >= 4 is 34.9 Å². The molecule has 3 aromatic rings. The lowest BCUT2D eigenvalue weighted by molar-refractivity contribution is 0.395. The van der Waals surface area contributed by atoms with Gasteiger partial charge in [0.1, 0.15) is 23.6 Å². The monoisotopic (exact) mass is 321 g/mol. The number of methoxy groups -OCH3 is 2. The lowest BCUT2D eigenvalue weighted by Crippen LogP contribution is -1.99. The van der Waals surface area contributed by atoms with Crippen LogP contribution in [0.4, 0.5) is 11.5 Å². The first kappa shape index (κ1) is 15.8. The van der Waals surface area contributed by atoms with Crippen molar-refractivity contribution in [2.45, 2.75) is 0 Å². The minimum Gasteiger partial charge on any atom is -0.497 e. The van der Waals surface area contributed by atoms with Gasteiger partial charge in [0.25, 0.3) is 0 Å². The zero-order valence-electron chi connectivity index (χ0n) is 12.4. The maximum atomic E-state index is 5.37. The van der Waals surface area contributed by atoms with Gasteiger partial charge in [-0.15, -0.1) is 12.4 Å². The van der Waals surface area contributed by atoms with E-state index < -0.39 is 0 Å². The zero-order chi connectivity index (χ0) is 14.8. The lowest BCUT2D eigenvalue weighted by atomic mass is 10.2. The summed E-state index contributed by atoms with van der Waals surface area (Å²) in [5.74, 6) is 2.08. The van der Waals surface area contributed by atoms with E-state index in [9.17, 15) is 0 Å². The molecule has 116 valence electrons. The fourth-order valence-corrected chi connectivity index (χ4v) is 2.09. The molecule has 0 amide bonds. The van der Waals surface area contributed by atoms with E-state index in [1.807, 2.05) is 25.2 Å². The first-order chi connectivity index (χ1) is 10.2. The average Bonchev–Trinajstić information content (AvgIpc) is 2.90. The largest absolute Gasteiger partial charge is 0.497 e. The number of ether oxygens (including phenoxy) is 2. The molecule has 0 aliphatic rings. The summed E-state index contributed by atoms with van der Waals surface area (Å²) in [4.78, 5) is 8.48. The van der Waals surface area contributed by atoms with Crippen molar-refractivity contribution in [1.82, 2.24) is 19.7 Å². The third-order valence-corrected chi connectivity index (χ3v) is 3.19. The second-order valence-electron chi connectivity index (χ2n) is 4.42. The topological polar surface area (TPSA) is 74.1 Å². The standard InChI is InChI=1S/C14H15N5O2.ClH/c1-19-14-10(7-17-19)13(15-8-16-14)18-11-5-4-9(20-2)6-12(11)21-3;/h4-8H,1-3H3,(H,15,16,18);1H. The molecule has 0 fully saturated rings. The highest BCUT2D eigenvalue weighted by atomic mass is 35.5. The number of aromatic nitrogens is 4. The van der Waals surface area contributed by atoms with Crippen LogP contribution in [0.5, 0.6) is 11.5 Å². The van der Waals surface area contributed by atoms with Crippen molar-refractivity contribution in [2.75, 3.05) is 19.5 Å². The molecule has 1 aromatic carbocycles. The Morgan fingerprint density at radius 3 is 2.68 bits per heavy atom. The van der Waals surface area contributed by atoms with Crippen LogP contribution in [-0.2, 0) is 7.05 Å². The van der Waals surface area contributed by atoms with Crippen LogP contribution in [0.25, 0.3) is 11.0 Å². The number of aryl methyl sites for hydroxylation is 1. The molecule has 0 aliphatic heterocycles. The van der Waals surface area contributed by atoms with Gasteiger partial charge in [-0.1, -0.05) is 0 Å². The molecule has 1 N–H and O–H groups in total. The van der Waals surface area contributed by atoms with Crippen molar-refractivity contribution < 1.29 is 9.47 Å². The van der Waals surface area contributed by atoms with Gasteiger partial charge in [0, 0.05) is 13.1 Å². The van der Waals surface area contributed by atoms with Crippen molar-refractivity contribution in [3.05, 3.63) is 30.7 Å². The molecule has 0 bridgehead atoms. The van der Waals surface area contributed by atoms with Crippen LogP contribution in [0.1, 0.15) is 0 Å². The number of nitrogens with zero attached hydrogens (tertiary/aromatic N) is 4. The predicted octanol–water partition coefficient (Wildman–Crippen LogP) is 2.55. The molecule has 2 heterocycles. The van der Waals surface area contributed by atoms with Gasteiger partial charge in [-0.05, 0) is 12.1 Å². The molecule has 8 heteroatoms. The second-order valence-corrected chi connectivity index (χ2v) is 4.42. The number of rotatable bonds is 4. The van der Waals surface area contributed by atoms with Crippen LogP contribution in [0.15, 0.2) is 30.7 Å². The number of hydrogen-bond acceptors (Lipinski definition) is 6. The fraction of sp³-hybridized carbons (Fsp3) is 0.214. The van der Waals surface area contributed by atoms with E-state index in [-0.39, 0.29) is 12.4 Å². The van der Waals surface area contributed by atoms with Gasteiger partial charge in [-0.25, -0.2) is 9.97 Å². The number of anilines is 2. The summed E-state index contributed by atoms with van der Waals surface area (Å²) >= 11 is 0. The molecule has 0 atom stereocenters. The lowest BCUT2D eigenvalue weighted by Gasteiger charge is -2.12. The maximum absolute atomic E-state index is 5.37. The highest BCUT2D eigenvalue weighted by Gasteiger charge is 2.11. The molecule has 22 heavy (non-hydrogen) atoms. The quantitative estimate of drug-likeness (QED) is 0.796. The Labute approximate surface area is 133 Å². The van der Waals surface area contributed by atoms with Crippen LogP contribution in [0.3, 0.4) is 0 Å². The molecular weight excluding hydrogens is 306 g/mol. The van der Waals surface area contributed by atoms with Crippen LogP contribution >= 0.6 is 12.4 Å². The van der Waals surface area contributed by atoms with E-state index in [4.69, 9.17) is 9.47 Å². The zero-order valence-corrected chi connectivity index (χ0v) is 13.2. The predicted molar refractivity (Wildman–Crippen MR) is 86.4 cm³/mol. The van der Waals surface area contributed by atoms with Gasteiger partial charge < -0.3 is 14.8 Å². The summed E-state index contributed by atoms with van der Waals surface area (Å²) < 4.78 is 12.3. The van der Waals surface area contributed by atoms with Crippen LogP contribution in [0, 0.1) is 0 Å². The van der Waals surface area contributed by atoms with Crippen molar-refractivity contribution in [2.24, 2.45) is 7.05 Å². The summed E-state index contributed by atoms with van der Waals surface area (Å²) in [6, 6.07) is 5.54. The Balaban J connectivity index is 0.00000176. The van der Waals surface area contributed by atoms with Crippen LogP contribution in [-0.4, -0.2) is 34.0 Å². The Kier molecular flexibility index (Phi) is 4.67. The summed E-state index contributed by atoms with van der Waals surface area (Å²) in [7, 11) is 5.07. The summed E-state index contributed by atoms with van der Waals surface area (Å²) in [5.41, 5.74) is 1.56. The Morgan fingerprint density at radius 2 is 1.95 bits per heavy atom. The van der Waals surface area contributed by atoms with Crippen molar-refractivity contribution in [1.29, 1.82) is 0 Å². The highest BCUT2D eigenvalue weighted by Crippen LogP contribution is 2.32. The molecule has 0 aliphatic carbocycles. The normalized spacial score (nSPS) is 10.1. The van der Waals surface area contributed by atoms with Crippen LogP contribution in [0.2, 0.25) is 0 Å². The Bertz CT molecular complexity index is 790. The third-order valence-electron chi connectivity index (χ3n) is 3.19. The second kappa shape index (κ2) is 6.48. The minimum atomic E-state index is 0. The molecule has 7 nitrogen and oxygen atoms in total. The molecular formula is C14H16ClN5O2. The average molecular weight is 322 g/mol. The summed E-state index contributed by atoms with van der Waals surface area (Å²) in [6.45, 7) is 0. The Hall–Kier alpha value is -2.54. The third kappa shape index (κ3) is 2.75. The highest BCUT2D eigenvalue weighted by molar-refractivity contribution is 5.88. The fourth-order valence-electron chi connectivity index (χ4n) is 2.09. The van der Waals surface area contributed by atoms with Gasteiger partial charge in [0.05, 0.1) is 31.5 Å². The molecule has 2 aromatic heterocycles. The van der Waals surface area contributed by atoms with Gasteiger partial charge in [-0.2, -0.15) is 5.10 Å². The van der Waals surface area contributed by atoms with E-state index in [1.54, 1.807) is 25.1 Å². The van der Waals surface area contributed by atoms with E-state index in [0.29, 0.717) is 11.6 Å². The minimum absolute atomic E-state index is 0. The molecule has 0 spiro atoms. The van der Waals surface area contributed by atoms with Gasteiger partial charge in [0.15, 0.2) is 5.65 Å². The molecule has 3 rings (SSSR count). The number of halogens is 1. The first-order valence-electron chi connectivity index (χ1n) is 6.34. The number of fused-ring (bicyclic) bond motifs is 1. The van der Waals surface area contributed by atoms with E-state index in [0.717, 1.165) is 22.5 Å². The van der Waals surface area contributed by atoms with Gasteiger partial charge in [-0.3, -0.25) is 4.68 Å². The van der Waals surface area contributed by atoms with E-state index in [2.05, 4.69) is 20.4 Å². The van der Waals surface area contributed by atoms with E-state index >= 15 is 0 Å². The van der Waals surface area contributed by atoms with Crippen LogP contribution < -0.4 is 14.8 Å². The SMILES string of the molecule is COc1ccc(Nc2ncnc3c2cnn3C)c(OC)c1.Cl. The summed E-state index contributed by atoms with van der Waals surface area (Å²) in [6.07, 6.45) is 3.23. The number of nitrogens with one attached hydrogen (secondary N) is 1. The van der Waals surface area contributed by atoms with Crippen molar-refractivity contribution in [3.63, 3.8) is 0 Å². The van der Waals surface area contributed by atoms with Gasteiger partial charge >= 0.3 is 0 Å². The van der Waals surface area contributed by atoms with Crippen molar-refractivity contribution in [3.8, 4) is 11.5 Å². The summed E-state index contributed by atoms with van der Waals surface area (Å²) in [5, 5.41) is 8.28. The first-order valence-corrected chi connectivity index (χ1v) is 6.34. The molecule has 0 saturated heterocycles. The molecule has 0 unspecified atom stereocenters.